The number of ketones is 1. The van der Waals surface area contributed by atoms with Gasteiger partial charge in [0.05, 0.1) is 11.3 Å². The lowest BCUT2D eigenvalue weighted by atomic mass is 10.1. The highest BCUT2D eigenvalue weighted by Crippen LogP contribution is 2.19. The minimum absolute atomic E-state index is 0.0779. The van der Waals surface area contributed by atoms with E-state index in [2.05, 4.69) is 9.59 Å². The number of aryl methyl sites for hydroxylation is 2. The Hall–Kier alpha value is -1.62. The van der Waals surface area contributed by atoms with Crippen LogP contribution in [0.1, 0.15) is 26.5 Å². The number of hydrogen-bond donors (Lipinski definition) is 0. The molecular formula is C11H9FN2OS. The van der Waals surface area contributed by atoms with Crippen LogP contribution in [-0.4, -0.2) is 15.4 Å². The highest BCUT2D eigenvalue weighted by atomic mass is 32.1. The molecule has 0 aliphatic rings. The van der Waals surface area contributed by atoms with Crippen molar-refractivity contribution >= 4 is 17.3 Å². The summed E-state index contributed by atoms with van der Waals surface area (Å²) in [7, 11) is 0. The monoisotopic (exact) mass is 236 g/mol. The molecule has 5 heteroatoms. The van der Waals surface area contributed by atoms with Gasteiger partial charge in [0.15, 0.2) is 0 Å². The van der Waals surface area contributed by atoms with Crippen molar-refractivity contribution < 1.29 is 9.18 Å². The lowest BCUT2D eigenvalue weighted by Gasteiger charge is -2.01. The normalized spacial score (nSPS) is 10.4. The molecule has 0 saturated heterocycles. The van der Waals surface area contributed by atoms with E-state index in [4.69, 9.17) is 0 Å². The first kappa shape index (κ1) is 10.9. The predicted molar refractivity (Wildman–Crippen MR) is 59.2 cm³/mol. The summed E-state index contributed by atoms with van der Waals surface area (Å²) in [6.45, 7) is 3.50. The summed E-state index contributed by atoms with van der Waals surface area (Å²) in [4.78, 5) is 12.4. The van der Waals surface area contributed by atoms with E-state index in [1.165, 1.54) is 12.1 Å². The molecule has 0 unspecified atom stereocenters. The molecule has 1 aromatic heterocycles. The number of hydrogen-bond acceptors (Lipinski definition) is 4. The maximum absolute atomic E-state index is 13.5. The topological polar surface area (TPSA) is 42.9 Å². The SMILES string of the molecule is Cc1ccc(F)c(C(=O)c2snnc2C)c1. The number of carbonyl (C=O) groups excluding carboxylic acids is 1. The van der Waals surface area contributed by atoms with Crippen LogP contribution in [0.25, 0.3) is 0 Å². The van der Waals surface area contributed by atoms with Crippen LogP contribution < -0.4 is 0 Å². The van der Waals surface area contributed by atoms with Crippen LogP contribution in [-0.2, 0) is 0 Å². The Balaban J connectivity index is 2.49. The first-order valence-corrected chi connectivity index (χ1v) is 5.46. The van der Waals surface area contributed by atoms with Gasteiger partial charge >= 0.3 is 0 Å². The van der Waals surface area contributed by atoms with E-state index in [0.29, 0.717) is 10.6 Å². The smallest absolute Gasteiger partial charge is 0.209 e. The molecule has 0 radical (unpaired) electrons. The number of benzene rings is 1. The van der Waals surface area contributed by atoms with Crippen molar-refractivity contribution in [2.75, 3.05) is 0 Å². The lowest BCUT2D eigenvalue weighted by Crippen LogP contribution is -2.04. The molecule has 0 N–H and O–H groups in total. The lowest BCUT2D eigenvalue weighted by molar-refractivity contribution is 0.103. The van der Waals surface area contributed by atoms with Crippen molar-refractivity contribution in [1.82, 2.24) is 9.59 Å². The molecule has 0 saturated carbocycles. The predicted octanol–water partition coefficient (Wildman–Crippen LogP) is 2.53. The Morgan fingerprint density at radius 3 is 2.75 bits per heavy atom. The summed E-state index contributed by atoms with van der Waals surface area (Å²) in [6.07, 6.45) is 0. The second kappa shape index (κ2) is 4.09. The maximum atomic E-state index is 13.5. The molecule has 1 aromatic carbocycles. The van der Waals surface area contributed by atoms with Gasteiger partial charge in [0.2, 0.25) is 5.78 Å². The van der Waals surface area contributed by atoms with E-state index < -0.39 is 5.82 Å². The van der Waals surface area contributed by atoms with E-state index in [9.17, 15) is 9.18 Å². The van der Waals surface area contributed by atoms with Crippen LogP contribution in [0.15, 0.2) is 18.2 Å². The average Bonchev–Trinajstić information content (AvgIpc) is 2.67. The number of carbonyl (C=O) groups is 1. The van der Waals surface area contributed by atoms with Crippen molar-refractivity contribution in [3.05, 3.63) is 45.7 Å². The summed E-state index contributed by atoms with van der Waals surface area (Å²) >= 11 is 0.990. The summed E-state index contributed by atoms with van der Waals surface area (Å²) in [5.41, 5.74) is 1.46. The van der Waals surface area contributed by atoms with Gasteiger partial charge in [-0.2, -0.15) is 0 Å². The fraction of sp³-hybridized carbons (Fsp3) is 0.182. The number of rotatable bonds is 2. The molecule has 3 nitrogen and oxygen atoms in total. The van der Waals surface area contributed by atoms with Gasteiger partial charge in [-0.25, -0.2) is 4.39 Å². The molecule has 0 bridgehead atoms. The summed E-state index contributed by atoms with van der Waals surface area (Å²) in [5.74, 6) is -0.864. The van der Waals surface area contributed by atoms with Crippen LogP contribution in [0.5, 0.6) is 0 Å². The third kappa shape index (κ3) is 1.86. The average molecular weight is 236 g/mol. The van der Waals surface area contributed by atoms with Gasteiger partial charge in [-0.3, -0.25) is 4.79 Å². The molecule has 16 heavy (non-hydrogen) atoms. The van der Waals surface area contributed by atoms with Gasteiger partial charge in [0, 0.05) is 0 Å². The molecule has 0 aliphatic carbocycles. The molecule has 1 heterocycles. The quantitative estimate of drug-likeness (QED) is 0.752. The number of halogens is 1. The Kier molecular flexibility index (Phi) is 2.78. The Labute approximate surface area is 96.1 Å². The second-order valence-electron chi connectivity index (χ2n) is 3.50. The fourth-order valence-electron chi connectivity index (χ4n) is 1.38. The van der Waals surface area contributed by atoms with E-state index in [1.54, 1.807) is 13.0 Å². The van der Waals surface area contributed by atoms with Crippen molar-refractivity contribution in [1.29, 1.82) is 0 Å². The van der Waals surface area contributed by atoms with Crippen molar-refractivity contribution in [3.63, 3.8) is 0 Å². The Morgan fingerprint density at radius 2 is 2.12 bits per heavy atom. The minimum Gasteiger partial charge on any atom is -0.287 e. The second-order valence-corrected chi connectivity index (χ2v) is 4.25. The summed E-state index contributed by atoms with van der Waals surface area (Å²) in [6, 6.07) is 4.47. The molecule has 0 amide bonds. The minimum atomic E-state index is -0.511. The zero-order valence-corrected chi connectivity index (χ0v) is 9.64. The molecule has 0 fully saturated rings. The third-order valence-corrected chi connectivity index (χ3v) is 3.05. The standard InChI is InChI=1S/C11H9FN2OS/c1-6-3-4-9(12)8(5-6)10(15)11-7(2)13-14-16-11/h3-5H,1-2H3. The molecule has 82 valence electrons. The van der Waals surface area contributed by atoms with Crippen LogP contribution in [0.4, 0.5) is 4.39 Å². The first-order chi connectivity index (χ1) is 7.59. The van der Waals surface area contributed by atoms with E-state index in [0.717, 1.165) is 17.1 Å². The molecule has 0 spiro atoms. The van der Waals surface area contributed by atoms with E-state index in [1.807, 2.05) is 6.92 Å². The highest BCUT2D eigenvalue weighted by molar-refractivity contribution is 7.08. The maximum Gasteiger partial charge on any atom is 0.209 e. The van der Waals surface area contributed by atoms with Crippen LogP contribution >= 0.6 is 11.5 Å². The zero-order chi connectivity index (χ0) is 11.7. The van der Waals surface area contributed by atoms with Crippen molar-refractivity contribution in [2.24, 2.45) is 0 Å². The van der Waals surface area contributed by atoms with E-state index in [-0.39, 0.29) is 11.3 Å². The van der Waals surface area contributed by atoms with Gasteiger partial charge in [0.1, 0.15) is 10.7 Å². The first-order valence-electron chi connectivity index (χ1n) is 4.69. The highest BCUT2D eigenvalue weighted by Gasteiger charge is 2.18. The van der Waals surface area contributed by atoms with Crippen molar-refractivity contribution in [2.45, 2.75) is 13.8 Å². The van der Waals surface area contributed by atoms with Gasteiger partial charge in [0.25, 0.3) is 0 Å². The zero-order valence-electron chi connectivity index (χ0n) is 8.82. The molecule has 2 aromatic rings. The van der Waals surface area contributed by atoms with Crippen LogP contribution in [0, 0.1) is 19.7 Å². The van der Waals surface area contributed by atoms with E-state index >= 15 is 0 Å². The van der Waals surface area contributed by atoms with Gasteiger partial charge in [-0.15, -0.1) is 5.10 Å². The fourth-order valence-corrected chi connectivity index (χ4v) is 1.99. The summed E-state index contributed by atoms with van der Waals surface area (Å²) in [5, 5.41) is 3.74. The third-order valence-electron chi connectivity index (χ3n) is 2.22. The molecule has 0 aliphatic heterocycles. The number of nitrogens with zero attached hydrogens (tertiary/aromatic N) is 2. The molecule has 0 atom stereocenters. The van der Waals surface area contributed by atoms with Gasteiger partial charge in [-0.05, 0) is 37.5 Å². The Morgan fingerprint density at radius 1 is 1.38 bits per heavy atom. The molecular weight excluding hydrogens is 227 g/mol. The van der Waals surface area contributed by atoms with Crippen molar-refractivity contribution in [3.8, 4) is 0 Å². The molecule has 2 rings (SSSR count). The van der Waals surface area contributed by atoms with Gasteiger partial charge in [-0.1, -0.05) is 16.1 Å². The largest absolute Gasteiger partial charge is 0.287 e. The number of aromatic nitrogens is 2. The van der Waals surface area contributed by atoms with Crippen LogP contribution in [0.2, 0.25) is 0 Å². The van der Waals surface area contributed by atoms with Crippen LogP contribution in [0.3, 0.4) is 0 Å². The summed E-state index contributed by atoms with van der Waals surface area (Å²) < 4.78 is 17.2. The Bertz CT molecular complexity index is 551. The van der Waals surface area contributed by atoms with Gasteiger partial charge < -0.3 is 0 Å².